The average Bonchev–Trinajstić information content (AvgIpc) is 2.98. The number of amides is 1. The van der Waals surface area contributed by atoms with Gasteiger partial charge in [0.15, 0.2) is 0 Å². The summed E-state index contributed by atoms with van der Waals surface area (Å²) < 4.78 is 21.6. The number of aliphatic hydroxyl groups excluding tert-OH is 1. The van der Waals surface area contributed by atoms with Gasteiger partial charge in [-0.1, -0.05) is 18.8 Å². The molecule has 0 radical (unpaired) electrons. The van der Waals surface area contributed by atoms with Gasteiger partial charge in [0.25, 0.3) is 5.56 Å². The van der Waals surface area contributed by atoms with Crippen molar-refractivity contribution in [2.75, 3.05) is 13.2 Å². The van der Waals surface area contributed by atoms with Crippen molar-refractivity contribution in [1.82, 2.24) is 14.9 Å². The van der Waals surface area contributed by atoms with Crippen LogP contribution in [0.25, 0.3) is 0 Å². The molecule has 1 saturated heterocycles. The summed E-state index contributed by atoms with van der Waals surface area (Å²) in [5.74, 6) is 5.00. The summed E-state index contributed by atoms with van der Waals surface area (Å²) in [6.07, 6.45) is -1.07. The molecule has 0 aliphatic carbocycles. The van der Waals surface area contributed by atoms with E-state index in [0.29, 0.717) is 12.8 Å². The lowest BCUT2D eigenvalue weighted by atomic mass is 10.2. The molecular formula is C16H22N3O9P. The number of phosphoric acid groups is 1. The zero-order valence-electron chi connectivity index (χ0n) is 15.5. The minimum absolute atomic E-state index is 0.0256. The largest absolute Gasteiger partial charge is 0.469 e. The fourth-order valence-corrected chi connectivity index (χ4v) is 2.93. The molecule has 1 aliphatic heterocycles. The Morgan fingerprint density at radius 2 is 2.21 bits per heavy atom. The third kappa shape index (κ3) is 6.93. The summed E-state index contributed by atoms with van der Waals surface area (Å²) in [7, 11) is -4.74. The maximum atomic E-state index is 12.1. The first-order valence-electron chi connectivity index (χ1n) is 8.75. The van der Waals surface area contributed by atoms with Crippen molar-refractivity contribution in [1.29, 1.82) is 0 Å². The Hall–Kier alpha value is -2.26. The molecule has 1 fully saturated rings. The van der Waals surface area contributed by atoms with Crippen LogP contribution in [-0.4, -0.2) is 55.7 Å². The number of aliphatic hydroxyl groups is 1. The van der Waals surface area contributed by atoms with Crippen LogP contribution in [0, 0.1) is 11.8 Å². The summed E-state index contributed by atoms with van der Waals surface area (Å²) in [5, 5.41) is 12.6. The number of nitrogens with one attached hydrogen (secondary N) is 2. The Bertz CT molecular complexity index is 955. The van der Waals surface area contributed by atoms with Crippen molar-refractivity contribution < 1.29 is 33.5 Å². The standard InChI is InChI=1S/C16H22N3O9P/c1-2-4-13(21)17-6-3-5-10-8-19(16(23)18-15(10)22)14-7-11(20)12(28-14)9-27-29(24,25)26/h8,11-12,14,20H,2,4,6-7,9H2,1H3,(H,17,21)(H,18,22,23)(H2,24,25,26)/t11-,12+,14+/m0/s1. The van der Waals surface area contributed by atoms with E-state index in [1.807, 2.05) is 6.92 Å². The smallest absolute Gasteiger partial charge is 0.390 e. The van der Waals surface area contributed by atoms with Gasteiger partial charge in [0, 0.05) is 19.0 Å². The van der Waals surface area contributed by atoms with E-state index in [-0.39, 0.29) is 24.4 Å². The zero-order chi connectivity index (χ0) is 21.6. The molecule has 0 spiro atoms. The van der Waals surface area contributed by atoms with Gasteiger partial charge < -0.3 is 24.9 Å². The van der Waals surface area contributed by atoms with Crippen LogP contribution in [0.2, 0.25) is 0 Å². The fourth-order valence-electron chi connectivity index (χ4n) is 2.59. The van der Waals surface area contributed by atoms with E-state index in [2.05, 4.69) is 26.7 Å². The first-order chi connectivity index (χ1) is 13.6. The topological polar surface area (TPSA) is 180 Å². The number of carbonyl (C=O) groups excluding carboxylic acids is 1. The number of nitrogens with zero attached hydrogens (tertiary/aromatic N) is 1. The first-order valence-corrected chi connectivity index (χ1v) is 10.3. The number of hydrogen-bond acceptors (Lipinski definition) is 7. The van der Waals surface area contributed by atoms with Crippen molar-refractivity contribution in [3.63, 3.8) is 0 Å². The fraction of sp³-hybridized carbons (Fsp3) is 0.562. The predicted molar refractivity (Wildman–Crippen MR) is 98.6 cm³/mol. The van der Waals surface area contributed by atoms with E-state index >= 15 is 0 Å². The number of aromatic nitrogens is 2. The molecule has 0 unspecified atom stereocenters. The van der Waals surface area contributed by atoms with Gasteiger partial charge in [0.05, 0.1) is 19.3 Å². The molecule has 3 atom stereocenters. The van der Waals surface area contributed by atoms with Gasteiger partial charge in [-0.25, -0.2) is 9.36 Å². The van der Waals surface area contributed by atoms with Crippen LogP contribution in [0.4, 0.5) is 0 Å². The lowest BCUT2D eigenvalue weighted by Crippen LogP contribution is -2.33. The molecular weight excluding hydrogens is 409 g/mol. The summed E-state index contributed by atoms with van der Waals surface area (Å²) in [4.78, 5) is 55.0. The zero-order valence-corrected chi connectivity index (χ0v) is 16.4. The third-order valence-corrected chi connectivity index (χ3v) is 4.45. The SMILES string of the molecule is CCCC(=O)NCC#Cc1cn([C@H]2C[C@H](O)[C@@H](COP(=O)(O)O)O2)c(=O)[nH]c1=O. The molecule has 0 saturated carbocycles. The van der Waals surface area contributed by atoms with E-state index in [4.69, 9.17) is 14.5 Å². The molecule has 2 rings (SSSR count). The van der Waals surface area contributed by atoms with Gasteiger partial charge >= 0.3 is 13.5 Å². The van der Waals surface area contributed by atoms with Crippen molar-refractivity contribution in [3.05, 3.63) is 32.6 Å². The molecule has 1 amide bonds. The summed E-state index contributed by atoms with van der Waals surface area (Å²) in [5.41, 5.74) is -1.58. The molecule has 12 nitrogen and oxygen atoms in total. The van der Waals surface area contributed by atoms with Gasteiger partial charge in [-0.3, -0.25) is 23.7 Å². The number of H-pyrrole nitrogens is 1. The minimum atomic E-state index is -4.74. The third-order valence-electron chi connectivity index (χ3n) is 3.96. The second-order valence-electron chi connectivity index (χ2n) is 6.26. The maximum Gasteiger partial charge on any atom is 0.469 e. The number of ether oxygens (including phenoxy) is 1. The monoisotopic (exact) mass is 431 g/mol. The number of hydrogen-bond donors (Lipinski definition) is 5. The number of carbonyl (C=O) groups is 1. The Kier molecular flexibility index (Phi) is 7.92. The molecule has 5 N–H and O–H groups in total. The Morgan fingerprint density at radius 3 is 2.86 bits per heavy atom. The molecule has 1 aromatic heterocycles. The second kappa shape index (κ2) is 9.98. The summed E-state index contributed by atoms with van der Waals surface area (Å²) >= 11 is 0. The van der Waals surface area contributed by atoms with Crippen LogP contribution in [0.15, 0.2) is 15.8 Å². The Balaban J connectivity index is 2.11. The molecule has 13 heteroatoms. The minimum Gasteiger partial charge on any atom is -0.390 e. The molecule has 160 valence electrons. The van der Waals surface area contributed by atoms with E-state index in [1.165, 1.54) is 0 Å². The quantitative estimate of drug-likeness (QED) is 0.255. The Labute approximate surface area is 165 Å². The molecule has 2 heterocycles. The van der Waals surface area contributed by atoms with E-state index in [9.17, 15) is 24.1 Å². The van der Waals surface area contributed by atoms with Gasteiger partial charge in [0.2, 0.25) is 5.91 Å². The highest BCUT2D eigenvalue weighted by Crippen LogP contribution is 2.38. The lowest BCUT2D eigenvalue weighted by molar-refractivity contribution is -0.120. The highest BCUT2D eigenvalue weighted by molar-refractivity contribution is 7.46. The molecule has 1 aliphatic rings. The molecule has 1 aromatic rings. The molecule has 0 bridgehead atoms. The van der Waals surface area contributed by atoms with E-state index < -0.39 is 44.1 Å². The summed E-state index contributed by atoms with van der Waals surface area (Å²) in [6, 6.07) is 0. The molecule has 0 aromatic carbocycles. The van der Waals surface area contributed by atoms with Crippen molar-refractivity contribution >= 4 is 13.7 Å². The number of phosphoric ester groups is 1. The van der Waals surface area contributed by atoms with Gasteiger partial charge in [-0.15, -0.1) is 0 Å². The van der Waals surface area contributed by atoms with Crippen molar-refractivity contribution in [2.45, 2.75) is 44.6 Å². The predicted octanol–water partition coefficient (Wildman–Crippen LogP) is -1.44. The van der Waals surface area contributed by atoms with E-state index in [1.54, 1.807) is 0 Å². The van der Waals surface area contributed by atoms with Crippen molar-refractivity contribution in [2.24, 2.45) is 0 Å². The van der Waals surface area contributed by atoms with E-state index in [0.717, 1.165) is 10.8 Å². The van der Waals surface area contributed by atoms with Crippen LogP contribution in [0.1, 0.15) is 38.0 Å². The van der Waals surface area contributed by atoms with Gasteiger partial charge in [0.1, 0.15) is 17.9 Å². The van der Waals surface area contributed by atoms with Crippen LogP contribution in [0.5, 0.6) is 0 Å². The van der Waals surface area contributed by atoms with Crippen LogP contribution < -0.4 is 16.6 Å². The summed E-state index contributed by atoms with van der Waals surface area (Å²) in [6.45, 7) is 1.31. The number of aromatic amines is 1. The van der Waals surface area contributed by atoms with Gasteiger partial charge in [-0.05, 0) is 6.42 Å². The Morgan fingerprint density at radius 1 is 1.48 bits per heavy atom. The number of rotatable bonds is 7. The van der Waals surface area contributed by atoms with Gasteiger partial charge in [-0.2, -0.15) is 0 Å². The average molecular weight is 431 g/mol. The first kappa shape index (κ1) is 23.0. The highest BCUT2D eigenvalue weighted by atomic mass is 31.2. The second-order valence-corrected chi connectivity index (χ2v) is 7.50. The maximum absolute atomic E-state index is 12.1. The highest BCUT2D eigenvalue weighted by Gasteiger charge is 2.37. The van der Waals surface area contributed by atoms with Crippen molar-refractivity contribution in [3.8, 4) is 11.8 Å². The van der Waals surface area contributed by atoms with Crippen LogP contribution in [-0.2, 0) is 18.6 Å². The normalized spacial score (nSPS) is 21.4. The molecule has 29 heavy (non-hydrogen) atoms. The lowest BCUT2D eigenvalue weighted by Gasteiger charge is -2.16. The van der Waals surface area contributed by atoms with Crippen LogP contribution >= 0.6 is 7.82 Å². The van der Waals surface area contributed by atoms with Crippen LogP contribution in [0.3, 0.4) is 0 Å².